The van der Waals surface area contributed by atoms with Crippen LogP contribution in [-0.4, -0.2) is 17.0 Å². The Morgan fingerprint density at radius 2 is 1.88 bits per heavy atom. The Kier molecular flexibility index (Phi) is 3.17. The summed E-state index contributed by atoms with van der Waals surface area (Å²) < 4.78 is 5.48. The fraction of sp³-hybridized carbons (Fsp3) is 0.0833. The van der Waals surface area contributed by atoms with Crippen molar-refractivity contribution in [2.45, 2.75) is 0 Å². The van der Waals surface area contributed by atoms with Crippen LogP contribution in [0.3, 0.4) is 0 Å². The average molecular weight is 226 g/mol. The van der Waals surface area contributed by atoms with Crippen molar-refractivity contribution in [3.8, 4) is 17.7 Å². The predicted molar refractivity (Wildman–Crippen MR) is 62.8 cm³/mol. The lowest BCUT2D eigenvalue weighted by atomic mass is 10.3. The van der Waals surface area contributed by atoms with E-state index in [9.17, 15) is 0 Å². The number of benzene rings is 1. The number of nitriles is 1. The van der Waals surface area contributed by atoms with Crippen LogP contribution < -0.4 is 10.1 Å². The molecule has 5 nitrogen and oxygen atoms in total. The zero-order chi connectivity index (χ0) is 12.1. The van der Waals surface area contributed by atoms with Crippen molar-refractivity contribution in [3.63, 3.8) is 0 Å². The van der Waals surface area contributed by atoms with Gasteiger partial charge in [-0.1, -0.05) is 0 Å². The van der Waals surface area contributed by atoms with Gasteiger partial charge < -0.3 is 10.1 Å². The Balaban J connectivity index is 2.23. The van der Waals surface area contributed by atoms with Crippen LogP contribution in [0.2, 0.25) is 0 Å². The molecule has 0 aliphatic heterocycles. The first-order valence-corrected chi connectivity index (χ1v) is 5.00. The number of nitrogens with zero attached hydrogens (tertiary/aromatic N) is 3. The van der Waals surface area contributed by atoms with Gasteiger partial charge in [0.2, 0.25) is 5.69 Å². The van der Waals surface area contributed by atoms with Crippen molar-refractivity contribution < 1.29 is 4.74 Å². The van der Waals surface area contributed by atoms with Gasteiger partial charge in [0.25, 0.3) is 5.88 Å². The number of hydrogen-bond acceptors (Lipinski definition) is 5. The molecule has 5 heteroatoms. The van der Waals surface area contributed by atoms with Gasteiger partial charge >= 0.3 is 0 Å². The third-order valence-electron chi connectivity index (χ3n) is 2.13. The van der Waals surface area contributed by atoms with Gasteiger partial charge in [-0.25, -0.2) is 9.97 Å². The molecule has 0 saturated carbocycles. The quantitative estimate of drug-likeness (QED) is 0.868. The highest BCUT2D eigenvalue weighted by Gasteiger charge is 2.06. The van der Waals surface area contributed by atoms with Crippen LogP contribution in [-0.2, 0) is 0 Å². The number of ether oxygens (including phenoxy) is 1. The Morgan fingerprint density at radius 1 is 1.18 bits per heavy atom. The van der Waals surface area contributed by atoms with Gasteiger partial charge in [0.05, 0.1) is 0 Å². The second-order valence-electron chi connectivity index (χ2n) is 3.20. The molecule has 0 aliphatic rings. The maximum atomic E-state index is 8.84. The molecule has 0 amide bonds. The van der Waals surface area contributed by atoms with Crippen LogP contribution in [0.1, 0.15) is 5.69 Å². The topological polar surface area (TPSA) is 70.8 Å². The molecule has 0 unspecified atom stereocenters. The van der Waals surface area contributed by atoms with E-state index in [4.69, 9.17) is 10.00 Å². The van der Waals surface area contributed by atoms with Gasteiger partial charge in [0, 0.05) is 25.1 Å². The van der Waals surface area contributed by atoms with Crippen molar-refractivity contribution >= 4 is 5.69 Å². The fourth-order valence-corrected chi connectivity index (χ4v) is 1.28. The lowest BCUT2D eigenvalue weighted by Crippen LogP contribution is -1.94. The maximum Gasteiger partial charge on any atom is 0.256 e. The normalized spacial score (nSPS) is 9.41. The van der Waals surface area contributed by atoms with E-state index >= 15 is 0 Å². The highest BCUT2D eigenvalue weighted by Crippen LogP contribution is 2.22. The molecule has 17 heavy (non-hydrogen) atoms. The number of nitrogens with one attached hydrogen (secondary N) is 1. The molecule has 1 heterocycles. The van der Waals surface area contributed by atoms with Crippen molar-refractivity contribution in [2.75, 3.05) is 12.4 Å². The Bertz CT molecular complexity index is 545. The highest BCUT2D eigenvalue weighted by molar-refractivity contribution is 5.46. The van der Waals surface area contributed by atoms with Crippen molar-refractivity contribution in [3.05, 3.63) is 42.4 Å². The van der Waals surface area contributed by atoms with E-state index in [1.807, 2.05) is 25.2 Å². The molecule has 84 valence electrons. The van der Waals surface area contributed by atoms with Gasteiger partial charge in [-0.2, -0.15) is 5.26 Å². The van der Waals surface area contributed by atoms with Crippen molar-refractivity contribution in [1.29, 1.82) is 5.26 Å². The molecular formula is C12H10N4O. The van der Waals surface area contributed by atoms with Crippen LogP contribution in [0.25, 0.3) is 0 Å². The molecule has 1 N–H and O–H groups in total. The molecule has 0 bridgehead atoms. The fourth-order valence-electron chi connectivity index (χ4n) is 1.28. The number of anilines is 1. The van der Waals surface area contributed by atoms with Crippen LogP contribution in [0.4, 0.5) is 5.69 Å². The molecule has 0 aliphatic carbocycles. The standard InChI is InChI=1S/C12H10N4O/c1-14-9-2-4-10(5-3-9)17-12-11(8-13)15-6-7-16-12/h2-7,14H,1H3. The molecule has 0 radical (unpaired) electrons. The number of aromatic nitrogens is 2. The van der Waals surface area contributed by atoms with Gasteiger partial charge in [-0.3, -0.25) is 0 Å². The summed E-state index contributed by atoms with van der Waals surface area (Å²) >= 11 is 0. The van der Waals surface area contributed by atoms with E-state index in [0.29, 0.717) is 5.75 Å². The van der Waals surface area contributed by atoms with Crippen LogP contribution >= 0.6 is 0 Å². The maximum absolute atomic E-state index is 8.84. The molecule has 0 spiro atoms. The summed E-state index contributed by atoms with van der Waals surface area (Å²) in [7, 11) is 1.84. The highest BCUT2D eigenvalue weighted by atomic mass is 16.5. The molecule has 0 atom stereocenters. The second kappa shape index (κ2) is 4.94. The first kappa shape index (κ1) is 10.9. The van der Waals surface area contributed by atoms with Gasteiger partial charge in [0.1, 0.15) is 11.8 Å². The zero-order valence-corrected chi connectivity index (χ0v) is 9.21. The smallest absolute Gasteiger partial charge is 0.256 e. The van der Waals surface area contributed by atoms with Crippen molar-refractivity contribution in [2.24, 2.45) is 0 Å². The summed E-state index contributed by atoms with van der Waals surface area (Å²) in [6, 6.07) is 9.26. The van der Waals surface area contributed by atoms with Gasteiger partial charge in [-0.15, -0.1) is 0 Å². The Hall–Kier alpha value is -2.61. The Morgan fingerprint density at radius 3 is 2.53 bits per heavy atom. The minimum Gasteiger partial charge on any atom is -0.436 e. The molecular weight excluding hydrogens is 216 g/mol. The second-order valence-corrected chi connectivity index (χ2v) is 3.20. The third kappa shape index (κ3) is 2.49. The summed E-state index contributed by atoms with van der Waals surface area (Å²) in [5, 5.41) is 11.8. The molecule has 0 fully saturated rings. The third-order valence-corrected chi connectivity index (χ3v) is 2.13. The Labute approximate surface area is 98.7 Å². The minimum atomic E-state index is 0.171. The molecule has 1 aromatic heterocycles. The summed E-state index contributed by atoms with van der Waals surface area (Å²) in [5.41, 5.74) is 1.15. The molecule has 1 aromatic carbocycles. The molecule has 2 rings (SSSR count). The first-order chi connectivity index (χ1) is 8.33. The molecule has 0 saturated heterocycles. The van der Waals surface area contributed by atoms with Crippen LogP contribution in [0.5, 0.6) is 11.6 Å². The number of hydrogen-bond donors (Lipinski definition) is 1. The molecule has 2 aromatic rings. The largest absolute Gasteiger partial charge is 0.436 e. The SMILES string of the molecule is CNc1ccc(Oc2nccnc2C#N)cc1. The van der Waals surface area contributed by atoms with Crippen LogP contribution in [0.15, 0.2) is 36.7 Å². The van der Waals surface area contributed by atoms with Gasteiger partial charge in [-0.05, 0) is 24.3 Å². The average Bonchev–Trinajstić information content (AvgIpc) is 2.40. The summed E-state index contributed by atoms with van der Waals surface area (Å²) in [4.78, 5) is 7.83. The minimum absolute atomic E-state index is 0.171. The van der Waals surface area contributed by atoms with E-state index in [1.54, 1.807) is 12.1 Å². The summed E-state index contributed by atoms with van der Waals surface area (Å²) in [6.45, 7) is 0. The summed E-state index contributed by atoms with van der Waals surface area (Å²) in [6.07, 6.45) is 2.94. The van der Waals surface area contributed by atoms with E-state index in [-0.39, 0.29) is 11.6 Å². The van der Waals surface area contributed by atoms with Crippen molar-refractivity contribution in [1.82, 2.24) is 9.97 Å². The van der Waals surface area contributed by atoms with Crippen LogP contribution in [0, 0.1) is 11.3 Å². The van der Waals surface area contributed by atoms with E-state index in [1.165, 1.54) is 12.4 Å². The lowest BCUT2D eigenvalue weighted by Gasteiger charge is -2.06. The monoisotopic (exact) mass is 226 g/mol. The zero-order valence-electron chi connectivity index (χ0n) is 9.21. The summed E-state index contributed by atoms with van der Waals surface area (Å²) in [5.74, 6) is 0.827. The lowest BCUT2D eigenvalue weighted by molar-refractivity contribution is 0.458. The van der Waals surface area contributed by atoms with Gasteiger partial charge in [0.15, 0.2) is 0 Å². The first-order valence-electron chi connectivity index (χ1n) is 5.00. The van der Waals surface area contributed by atoms with E-state index in [2.05, 4.69) is 15.3 Å². The predicted octanol–water partition coefficient (Wildman–Crippen LogP) is 2.18. The van der Waals surface area contributed by atoms with E-state index < -0.39 is 0 Å². The number of rotatable bonds is 3. The van der Waals surface area contributed by atoms with E-state index in [0.717, 1.165) is 5.69 Å².